The Hall–Kier alpha value is -3.19. The van der Waals surface area contributed by atoms with Crippen LogP contribution in [0.5, 0.6) is 0 Å². The predicted octanol–water partition coefficient (Wildman–Crippen LogP) is 3.86. The van der Waals surface area contributed by atoms with Crippen LogP contribution in [0.3, 0.4) is 0 Å². The monoisotopic (exact) mass is 381 g/mol. The van der Waals surface area contributed by atoms with Gasteiger partial charge in [0, 0.05) is 17.4 Å². The summed E-state index contributed by atoms with van der Waals surface area (Å²) < 4.78 is 0. The van der Waals surface area contributed by atoms with E-state index in [1.807, 2.05) is 25.1 Å². The molecule has 4 aromatic rings. The zero-order chi connectivity index (χ0) is 19.0. The van der Waals surface area contributed by atoms with E-state index in [0.717, 1.165) is 17.4 Å². The SMILES string of the molecule is CCCC(=O)Nc1nc2cc(-c3n[nH]c(=O)c4ccccc34)cc(Cl)c2[nH]1. The van der Waals surface area contributed by atoms with Crippen molar-refractivity contribution in [3.05, 3.63) is 51.8 Å². The van der Waals surface area contributed by atoms with Gasteiger partial charge in [-0.25, -0.2) is 10.1 Å². The number of aromatic nitrogens is 4. The van der Waals surface area contributed by atoms with Crippen LogP contribution in [0.4, 0.5) is 5.95 Å². The van der Waals surface area contributed by atoms with Crippen molar-refractivity contribution in [1.82, 2.24) is 20.2 Å². The summed E-state index contributed by atoms with van der Waals surface area (Å²) >= 11 is 6.42. The number of hydrogen-bond acceptors (Lipinski definition) is 4. The molecule has 2 aromatic heterocycles. The third-order valence-corrected chi connectivity index (χ3v) is 4.55. The smallest absolute Gasteiger partial charge is 0.272 e. The molecule has 0 spiro atoms. The van der Waals surface area contributed by atoms with Gasteiger partial charge in [-0.3, -0.25) is 14.9 Å². The first kappa shape index (κ1) is 17.2. The fourth-order valence-corrected chi connectivity index (χ4v) is 3.28. The maximum atomic E-state index is 12.0. The molecule has 8 heteroatoms. The number of aromatic amines is 2. The molecular weight excluding hydrogens is 366 g/mol. The first-order valence-electron chi connectivity index (χ1n) is 8.53. The van der Waals surface area contributed by atoms with Crippen LogP contribution in [0, 0.1) is 0 Å². The molecule has 0 aliphatic carbocycles. The van der Waals surface area contributed by atoms with E-state index in [0.29, 0.717) is 39.5 Å². The van der Waals surface area contributed by atoms with Crippen LogP contribution in [0.2, 0.25) is 5.02 Å². The molecule has 0 unspecified atom stereocenters. The Labute approximate surface area is 158 Å². The fraction of sp³-hybridized carbons (Fsp3) is 0.158. The lowest BCUT2D eigenvalue weighted by Crippen LogP contribution is -2.11. The van der Waals surface area contributed by atoms with Gasteiger partial charge in [0.15, 0.2) is 0 Å². The van der Waals surface area contributed by atoms with Crippen LogP contribution in [0.1, 0.15) is 19.8 Å². The number of nitrogens with zero attached hydrogens (tertiary/aromatic N) is 2. The molecule has 0 saturated carbocycles. The van der Waals surface area contributed by atoms with Gasteiger partial charge in [-0.15, -0.1) is 0 Å². The van der Waals surface area contributed by atoms with E-state index in [4.69, 9.17) is 11.6 Å². The number of carbonyl (C=O) groups excluding carboxylic acids is 1. The molecule has 3 N–H and O–H groups in total. The average Bonchev–Trinajstić information content (AvgIpc) is 3.05. The van der Waals surface area contributed by atoms with Crippen LogP contribution in [-0.4, -0.2) is 26.1 Å². The van der Waals surface area contributed by atoms with Crippen LogP contribution in [0.15, 0.2) is 41.2 Å². The summed E-state index contributed by atoms with van der Waals surface area (Å²) in [6, 6.07) is 10.8. The van der Waals surface area contributed by atoms with Crippen molar-refractivity contribution in [2.24, 2.45) is 0 Å². The number of rotatable bonds is 4. The molecule has 2 heterocycles. The molecule has 0 aliphatic heterocycles. The molecule has 1 amide bonds. The molecule has 4 rings (SSSR count). The Morgan fingerprint density at radius 2 is 2.00 bits per heavy atom. The molecule has 0 saturated heterocycles. The molecular formula is C19H16ClN5O2. The van der Waals surface area contributed by atoms with Crippen molar-refractivity contribution in [2.45, 2.75) is 19.8 Å². The van der Waals surface area contributed by atoms with Crippen molar-refractivity contribution in [3.63, 3.8) is 0 Å². The van der Waals surface area contributed by atoms with Gasteiger partial charge in [0.1, 0.15) is 0 Å². The van der Waals surface area contributed by atoms with Gasteiger partial charge in [-0.1, -0.05) is 36.7 Å². The van der Waals surface area contributed by atoms with Crippen LogP contribution in [-0.2, 0) is 4.79 Å². The highest BCUT2D eigenvalue weighted by atomic mass is 35.5. The number of amides is 1. The number of imidazole rings is 1. The van der Waals surface area contributed by atoms with Gasteiger partial charge < -0.3 is 4.98 Å². The first-order valence-corrected chi connectivity index (χ1v) is 8.91. The van der Waals surface area contributed by atoms with Gasteiger partial charge in [-0.05, 0) is 24.6 Å². The average molecular weight is 382 g/mol. The fourth-order valence-electron chi connectivity index (χ4n) is 3.02. The van der Waals surface area contributed by atoms with E-state index in [1.165, 1.54) is 0 Å². The van der Waals surface area contributed by atoms with E-state index in [9.17, 15) is 9.59 Å². The maximum absolute atomic E-state index is 12.0. The van der Waals surface area contributed by atoms with Crippen molar-refractivity contribution in [2.75, 3.05) is 5.32 Å². The summed E-state index contributed by atoms with van der Waals surface area (Å²) in [5, 5.41) is 11.2. The number of H-pyrrole nitrogens is 2. The minimum Gasteiger partial charge on any atom is -0.323 e. The highest BCUT2D eigenvalue weighted by Gasteiger charge is 2.14. The number of nitrogens with one attached hydrogen (secondary N) is 3. The molecule has 0 radical (unpaired) electrons. The van der Waals surface area contributed by atoms with Gasteiger partial charge in [0.05, 0.1) is 27.1 Å². The van der Waals surface area contributed by atoms with E-state index in [2.05, 4.69) is 25.5 Å². The summed E-state index contributed by atoms with van der Waals surface area (Å²) in [5.74, 6) is 0.239. The van der Waals surface area contributed by atoms with Crippen molar-refractivity contribution in [3.8, 4) is 11.3 Å². The number of halogens is 1. The van der Waals surface area contributed by atoms with Crippen molar-refractivity contribution >= 4 is 45.3 Å². The normalized spacial score (nSPS) is 11.2. The summed E-state index contributed by atoms with van der Waals surface area (Å²) in [4.78, 5) is 31.2. The van der Waals surface area contributed by atoms with Crippen molar-refractivity contribution < 1.29 is 4.79 Å². The molecule has 0 fully saturated rings. The molecule has 0 atom stereocenters. The Balaban J connectivity index is 1.83. The van der Waals surface area contributed by atoms with Crippen LogP contribution < -0.4 is 10.9 Å². The minimum absolute atomic E-state index is 0.110. The second-order valence-corrected chi connectivity index (χ2v) is 6.59. The second kappa shape index (κ2) is 6.85. The second-order valence-electron chi connectivity index (χ2n) is 6.18. The number of anilines is 1. The molecule has 136 valence electrons. The predicted molar refractivity (Wildman–Crippen MR) is 106 cm³/mol. The molecule has 27 heavy (non-hydrogen) atoms. The van der Waals surface area contributed by atoms with E-state index in [1.54, 1.807) is 18.2 Å². The van der Waals surface area contributed by atoms with Crippen molar-refractivity contribution in [1.29, 1.82) is 0 Å². The van der Waals surface area contributed by atoms with E-state index < -0.39 is 0 Å². The third kappa shape index (κ3) is 3.17. The van der Waals surface area contributed by atoms with Gasteiger partial charge in [0.2, 0.25) is 11.9 Å². The van der Waals surface area contributed by atoms with E-state index >= 15 is 0 Å². The van der Waals surface area contributed by atoms with Crippen LogP contribution >= 0.6 is 11.6 Å². The molecule has 2 aromatic carbocycles. The zero-order valence-corrected chi connectivity index (χ0v) is 15.2. The third-order valence-electron chi connectivity index (χ3n) is 4.25. The number of hydrogen-bond donors (Lipinski definition) is 3. The lowest BCUT2D eigenvalue weighted by molar-refractivity contribution is -0.116. The highest BCUT2D eigenvalue weighted by molar-refractivity contribution is 6.35. The topological polar surface area (TPSA) is 104 Å². The summed E-state index contributed by atoms with van der Waals surface area (Å²) in [5.41, 5.74) is 2.30. The quantitative estimate of drug-likeness (QED) is 0.499. The Kier molecular flexibility index (Phi) is 4.37. The maximum Gasteiger partial charge on any atom is 0.272 e. The summed E-state index contributed by atoms with van der Waals surface area (Å²) in [6.07, 6.45) is 1.17. The Morgan fingerprint density at radius 3 is 2.78 bits per heavy atom. The standard InChI is InChI=1S/C19H16ClN5O2/c1-2-5-15(26)22-19-21-14-9-10(8-13(20)17(14)23-19)16-11-6-3-4-7-12(11)18(27)25-24-16/h3-4,6-9H,2,5H2,1H3,(H,25,27)(H2,21,22,23,26). The Morgan fingerprint density at radius 1 is 1.22 bits per heavy atom. The lowest BCUT2D eigenvalue weighted by atomic mass is 10.0. The number of benzene rings is 2. The highest BCUT2D eigenvalue weighted by Crippen LogP contribution is 2.32. The zero-order valence-electron chi connectivity index (χ0n) is 14.5. The van der Waals surface area contributed by atoms with Crippen LogP contribution in [0.25, 0.3) is 33.1 Å². The minimum atomic E-state index is -0.248. The summed E-state index contributed by atoms with van der Waals surface area (Å²) in [7, 11) is 0. The molecule has 0 aliphatic rings. The largest absolute Gasteiger partial charge is 0.323 e. The first-order chi connectivity index (χ1) is 13.1. The lowest BCUT2D eigenvalue weighted by Gasteiger charge is -2.06. The van der Waals surface area contributed by atoms with Gasteiger partial charge in [-0.2, -0.15) is 5.10 Å². The molecule has 7 nitrogen and oxygen atoms in total. The van der Waals surface area contributed by atoms with Gasteiger partial charge >= 0.3 is 0 Å². The number of fused-ring (bicyclic) bond motifs is 2. The van der Waals surface area contributed by atoms with Gasteiger partial charge in [0.25, 0.3) is 5.56 Å². The van der Waals surface area contributed by atoms with E-state index in [-0.39, 0.29) is 11.5 Å². The number of carbonyl (C=O) groups is 1. The molecule has 0 bridgehead atoms. The summed E-state index contributed by atoms with van der Waals surface area (Å²) in [6.45, 7) is 1.93. The Bertz CT molecular complexity index is 1230.